The van der Waals surface area contributed by atoms with E-state index in [1.165, 1.54) is 0 Å². The molecule has 3 rings (SSSR count). The Bertz CT molecular complexity index is 636. The Hall–Kier alpha value is -2.49. The van der Waals surface area contributed by atoms with Gasteiger partial charge in [0.2, 0.25) is 5.91 Å². The monoisotopic (exact) mass is 310 g/mol. The third kappa shape index (κ3) is 4.25. The molecule has 2 aromatic carbocycles. The summed E-state index contributed by atoms with van der Waals surface area (Å²) in [5.74, 6) is 0.851. The van der Waals surface area contributed by atoms with Crippen LogP contribution in [0.15, 0.2) is 54.6 Å². The highest BCUT2D eigenvalue weighted by Gasteiger charge is 2.28. The van der Waals surface area contributed by atoms with Crippen LogP contribution in [0.25, 0.3) is 0 Å². The third-order valence-corrected chi connectivity index (χ3v) is 3.80. The van der Waals surface area contributed by atoms with Crippen molar-refractivity contribution in [3.05, 3.63) is 60.2 Å². The fraction of sp³-hybridized carbons (Fsp3) is 0.316. The fourth-order valence-corrected chi connectivity index (χ4v) is 2.44. The lowest BCUT2D eigenvalue weighted by Crippen LogP contribution is -2.34. The second-order valence-electron chi connectivity index (χ2n) is 5.73. The first-order valence-electron chi connectivity index (χ1n) is 8.11. The van der Waals surface area contributed by atoms with Gasteiger partial charge in [0, 0.05) is 11.7 Å². The smallest absolute Gasteiger partial charge is 0.247 e. The SMILES string of the molecule is CCOc1ccc(N[C@H](C(=O)NC2CC2)c2ccccc2)cc1. The van der Waals surface area contributed by atoms with Gasteiger partial charge in [-0.15, -0.1) is 0 Å². The number of rotatable bonds is 7. The topological polar surface area (TPSA) is 50.4 Å². The molecule has 120 valence electrons. The molecule has 2 aromatic rings. The Kier molecular flexibility index (Phi) is 4.81. The number of carbonyl (C=O) groups excluding carboxylic acids is 1. The summed E-state index contributed by atoms with van der Waals surface area (Å²) in [6.07, 6.45) is 2.16. The van der Waals surface area contributed by atoms with E-state index in [2.05, 4.69) is 10.6 Å². The van der Waals surface area contributed by atoms with E-state index >= 15 is 0 Å². The fourth-order valence-electron chi connectivity index (χ4n) is 2.44. The number of hydrogen-bond acceptors (Lipinski definition) is 3. The summed E-state index contributed by atoms with van der Waals surface area (Å²) in [7, 11) is 0. The summed E-state index contributed by atoms with van der Waals surface area (Å²) in [5.41, 5.74) is 1.85. The van der Waals surface area contributed by atoms with E-state index < -0.39 is 6.04 Å². The highest BCUT2D eigenvalue weighted by molar-refractivity contribution is 5.86. The second kappa shape index (κ2) is 7.18. The Morgan fingerprint density at radius 3 is 2.43 bits per heavy atom. The molecule has 1 saturated carbocycles. The van der Waals surface area contributed by atoms with Gasteiger partial charge < -0.3 is 15.4 Å². The van der Waals surface area contributed by atoms with Gasteiger partial charge >= 0.3 is 0 Å². The Morgan fingerprint density at radius 2 is 1.83 bits per heavy atom. The van der Waals surface area contributed by atoms with E-state index in [1.54, 1.807) is 0 Å². The van der Waals surface area contributed by atoms with Gasteiger partial charge in [0.05, 0.1) is 6.61 Å². The van der Waals surface area contributed by atoms with Gasteiger partial charge in [0.1, 0.15) is 11.8 Å². The number of carbonyl (C=O) groups is 1. The molecule has 0 saturated heterocycles. The lowest BCUT2D eigenvalue weighted by Gasteiger charge is -2.20. The van der Waals surface area contributed by atoms with Crippen molar-refractivity contribution in [1.82, 2.24) is 5.32 Å². The quantitative estimate of drug-likeness (QED) is 0.822. The maximum atomic E-state index is 12.6. The Labute approximate surface area is 136 Å². The van der Waals surface area contributed by atoms with E-state index in [0.717, 1.165) is 29.8 Å². The Balaban J connectivity index is 1.75. The molecule has 1 fully saturated rings. The minimum absolute atomic E-state index is 0.0209. The minimum atomic E-state index is -0.394. The zero-order valence-electron chi connectivity index (χ0n) is 13.3. The van der Waals surface area contributed by atoms with E-state index in [0.29, 0.717) is 12.6 Å². The summed E-state index contributed by atoms with van der Waals surface area (Å²) in [4.78, 5) is 12.6. The molecule has 4 nitrogen and oxygen atoms in total. The molecule has 0 aliphatic heterocycles. The van der Waals surface area contributed by atoms with Crippen LogP contribution < -0.4 is 15.4 Å². The molecule has 0 radical (unpaired) electrons. The van der Waals surface area contributed by atoms with Gasteiger partial charge in [-0.3, -0.25) is 4.79 Å². The van der Waals surface area contributed by atoms with Gasteiger partial charge in [-0.2, -0.15) is 0 Å². The van der Waals surface area contributed by atoms with E-state index in [9.17, 15) is 4.79 Å². The van der Waals surface area contributed by atoms with Crippen molar-refractivity contribution in [3.8, 4) is 5.75 Å². The minimum Gasteiger partial charge on any atom is -0.494 e. The molecule has 1 atom stereocenters. The highest BCUT2D eigenvalue weighted by atomic mass is 16.5. The van der Waals surface area contributed by atoms with Crippen LogP contribution in [0.2, 0.25) is 0 Å². The lowest BCUT2D eigenvalue weighted by atomic mass is 10.1. The number of nitrogens with one attached hydrogen (secondary N) is 2. The molecule has 0 unspecified atom stereocenters. The van der Waals surface area contributed by atoms with Crippen LogP contribution in [-0.2, 0) is 4.79 Å². The average molecular weight is 310 g/mol. The van der Waals surface area contributed by atoms with Gasteiger partial charge in [0.25, 0.3) is 0 Å². The zero-order valence-corrected chi connectivity index (χ0v) is 13.3. The molecule has 23 heavy (non-hydrogen) atoms. The molecular weight excluding hydrogens is 288 g/mol. The summed E-state index contributed by atoms with van der Waals surface area (Å²) in [6, 6.07) is 17.4. The van der Waals surface area contributed by atoms with E-state index in [4.69, 9.17) is 4.74 Å². The van der Waals surface area contributed by atoms with Crippen LogP contribution in [0.3, 0.4) is 0 Å². The third-order valence-electron chi connectivity index (χ3n) is 3.80. The molecule has 0 heterocycles. The number of amides is 1. The van der Waals surface area contributed by atoms with Gasteiger partial charge in [0.15, 0.2) is 0 Å². The molecule has 0 bridgehead atoms. The lowest BCUT2D eigenvalue weighted by molar-refractivity contribution is -0.122. The van der Waals surface area contributed by atoms with Crippen molar-refractivity contribution < 1.29 is 9.53 Å². The standard InChI is InChI=1S/C19H22N2O2/c1-2-23-17-12-10-15(11-13-17)20-18(14-6-4-3-5-7-14)19(22)21-16-8-9-16/h3-7,10-13,16,18,20H,2,8-9H2,1H3,(H,21,22)/t18-/m0/s1. The maximum Gasteiger partial charge on any atom is 0.247 e. The number of benzene rings is 2. The van der Waals surface area contributed by atoms with Crippen molar-refractivity contribution in [3.63, 3.8) is 0 Å². The largest absolute Gasteiger partial charge is 0.494 e. The normalized spacial score (nSPS) is 14.8. The molecule has 1 amide bonds. The summed E-state index contributed by atoms with van der Waals surface area (Å²) in [5, 5.41) is 6.41. The van der Waals surface area contributed by atoms with Crippen molar-refractivity contribution in [1.29, 1.82) is 0 Å². The predicted octanol–water partition coefficient (Wildman–Crippen LogP) is 3.52. The van der Waals surface area contributed by atoms with Crippen molar-refractivity contribution >= 4 is 11.6 Å². The van der Waals surface area contributed by atoms with Crippen LogP contribution in [-0.4, -0.2) is 18.6 Å². The molecule has 1 aliphatic rings. The summed E-state index contributed by atoms with van der Waals surface area (Å²) in [6.45, 7) is 2.60. The second-order valence-corrected chi connectivity index (χ2v) is 5.73. The molecule has 2 N–H and O–H groups in total. The maximum absolute atomic E-state index is 12.6. The highest BCUT2D eigenvalue weighted by Crippen LogP contribution is 2.25. The first kappa shape index (κ1) is 15.4. The number of anilines is 1. The predicted molar refractivity (Wildman–Crippen MR) is 91.6 cm³/mol. The van der Waals surface area contributed by atoms with Crippen molar-refractivity contribution in [2.45, 2.75) is 31.8 Å². The number of ether oxygens (including phenoxy) is 1. The van der Waals surface area contributed by atoms with Crippen LogP contribution >= 0.6 is 0 Å². The van der Waals surface area contributed by atoms with Crippen molar-refractivity contribution in [2.24, 2.45) is 0 Å². The van der Waals surface area contributed by atoms with Crippen LogP contribution in [0.1, 0.15) is 31.4 Å². The van der Waals surface area contributed by atoms with Gasteiger partial charge in [-0.05, 0) is 49.6 Å². The molecule has 4 heteroatoms. The molecule has 0 spiro atoms. The van der Waals surface area contributed by atoms with E-state index in [1.807, 2.05) is 61.5 Å². The summed E-state index contributed by atoms with van der Waals surface area (Å²) >= 11 is 0. The number of hydrogen-bond donors (Lipinski definition) is 2. The summed E-state index contributed by atoms with van der Waals surface area (Å²) < 4.78 is 5.45. The average Bonchev–Trinajstić information content (AvgIpc) is 3.39. The first-order valence-corrected chi connectivity index (χ1v) is 8.11. The van der Waals surface area contributed by atoms with Crippen molar-refractivity contribution in [2.75, 3.05) is 11.9 Å². The van der Waals surface area contributed by atoms with Crippen LogP contribution in [0, 0.1) is 0 Å². The zero-order chi connectivity index (χ0) is 16.1. The molecule has 0 aromatic heterocycles. The van der Waals surface area contributed by atoms with Gasteiger partial charge in [-0.1, -0.05) is 30.3 Å². The molecular formula is C19H22N2O2. The first-order chi connectivity index (χ1) is 11.3. The molecule has 1 aliphatic carbocycles. The van der Waals surface area contributed by atoms with Crippen LogP contribution in [0.4, 0.5) is 5.69 Å². The van der Waals surface area contributed by atoms with Crippen LogP contribution in [0.5, 0.6) is 5.75 Å². The van der Waals surface area contributed by atoms with Gasteiger partial charge in [-0.25, -0.2) is 0 Å². The van der Waals surface area contributed by atoms with E-state index in [-0.39, 0.29) is 5.91 Å². The Morgan fingerprint density at radius 1 is 1.13 bits per heavy atom.